The van der Waals surface area contributed by atoms with E-state index in [1.165, 1.54) is 116 Å². The number of hydrogen-bond donors (Lipinski definition) is 0. The van der Waals surface area contributed by atoms with Crippen LogP contribution < -0.4 is 0 Å². The average Bonchev–Trinajstić information content (AvgIpc) is 3.35. The molecule has 0 unspecified atom stereocenters. The number of esters is 3. The first-order chi connectivity index (χ1) is 34.0. The van der Waals surface area contributed by atoms with E-state index < -0.39 is 12.1 Å². The summed E-state index contributed by atoms with van der Waals surface area (Å²) in [4.78, 5) is 38.1. The monoisotopic (exact) mass is 955 g/mol. The normalized spacial score (nSPS) is 12.6. The second-order valence-corrected chi connectivity index (χ2v) is 18.1. The summed E-state index contributed by atoms with van der Waals surface area (Å²) in [6.07, 6.45) is 77.7. The van der Waals surface area contributed by atoms with Gasteiger partial charge in [-0.25, -0.2) is 0 Å². The molecule has 6 nitrogen and oxygen atoms in total. The van der Waals surface area contributed by atoms with Crippen molar-refractivity contribution in [2.24, 2.45) is 0 Å². The van der Waals surface area contributed by atoms with E-state index in [-0.39, 0.29) is 44.4 Å². The summed E-state index contributed by atoms with van der Waals surface area (Å²) in [6, 6.07) is 0. The van der Waals surface area contributed by atoms with Gasteiger partial charge in [0.2, 0.25) is 0 Å². The summed E-state index contributed by atoms with van der Waals surface area (Å²) >= 11 is 0. The molecule has 0 fully saturated rings. The zero-order chi connectivity index (χ0) is 50.0. The van der Waals surface area contributed by atoms with E-state index in [1.807, 2.05) is 0 Å². The summed E-state index contributed by atoms with van der Waals surface area (Å²) in [5, 5.41) is 0. The molecule has 0 saturated carbocycles. The molecule has 6 heteroatoms. The van der Waals surface area contributed by atoms with Crippen LogP contribution in [0, 0.1) is 0 Å². The quantitative estimate of drug-likeness (QED) is 0.0262. The van der Waals surface area contributed by atoms with Crippen molar-refractivity contribution in [3.05, 3.63) is 122 Å². The van der Waals surface area contributed by atoms with E-state index in [4.69, 9.17) is 14.2 Å². The number of carbonyl (C=O) groups excluding carboxylic acids is 3. The van der Waals surface area contributed by atoms with Crippen LogP contribution in [0.1, 0.15) is 239 Å². The highest BCUT2D eigenvalue weighted by molar-refractivity contribution is 5.71. The summed E-state index contributed by atoms with van der Waals surface area (Å²) in [6.45, 7) is 6.45. The van der Waals surface area contributed by atoms with Gasteiger partial charge in [-0.2, -0.15) is 0 Å². The standard InChI is InChI=1S/C63H102O6/c1-4-7-10-13-16-19-22-25-28-31-34-37-40-43-46-49-52-55-61(64)67-58-60(69-63(66)57-54-51-48-45-42-39-36-33-30-27-24-21-18-15-12-9-6-3)59-68-62(65)56-53-50-47-44-41-38-35-32-29-26-23-20-17-14-11-8-5-2/h18,21,25-30,34-39,43-48,60H,4-17,19-20,22-24,31-33,40-42,49-59H2,1-3H3/b21-18-,28-25-,29-26-,30-27-,37-34-,38-35-,39-36-,46-43-,47-44-,48-45-. The molecule has 0 heterocycles. The Morgan fingerprint density at radius 1 is 0.290 bits per heavy atom. The van der Waals surface area contributed by atoms with Crippen LogP contribution in [0.3, 0.4) is 0 Å². The lowest BCUT2D eigenvalue weighted by Crippen LogP contribution is -2.30. The lowest BCUT2D eigenvalue weighted by molar-refractivity contribution is -0.166. The van der Waals surface area contributed by atoms with Crippen molar-refractivity contribution in [2.45, 2.75) is 245 Å². The number of carbonyl (C=O) groups is 3. The Hall–Kier alpha value is -4.19. The third-order valence-corrected chi connectivity index (χ3v) is 11.4. The van der Waals surface area contributed by atoms with Crippen molar-refractivity contribution in [1.82, 2.24) is 0 Å². The molecule has 0 atom stereocenters. The fourth-order valence-corrected chi connectivity index (χ4v) is 7.17. The molecule has 0 saturated heterocycles. The van der Waals surface area contributed by atoms with E-state index >= 15 is 0 Å². The predicted octanol–water partition coefficient (Wildman–Crippen LogP) is 18.9. The molecule has 0 aromatic carbocycles. The Kier molecular flexibility index (Phi) is 53.0. The molecular formula is C63H102O6. The Morgan fingerprint density at radius 2 is 0.522 bits per heavy atom. The van der Waals surface area contributed by atoms with E-state index in [0.717, 1.165) is 64.2 Å². The van der Waals surface area contributed by atoms with Crippen molar-refractivity contribution in [3.63, 3.8) is 0 Å². The number of allylic oxidation sites excluding steroid dienone is 20. The van der Waals surface area contributed by atoms with E-state index in [1.54, 1.807) is 0 Å². The second-order valence-electron chi connectivity index (χ2n) is 18.1. The van der Waals surface area contributed by atoms with Crippen LogP contribution in [0.25, 0.3) is 0 Å². The molecule has 0 aliphatic heterocycles. The van der Waals surface area contributed by atoms with Crippen LogP contribution in [0.5, 0.6) is 0 Å². The van der Waals surface area contributed by atoms with Crippen LogP contribution in [0.15, 0.2) is 122 Å². The summed E-state index contributed by atoms with van der Waals surface area (Å²) < 4.78 is 16.7. The molecule has 0 bridgehead atoms. The fourth-order valence-electron chi connectivity index (χ4n) is 7.17. The van der Waals surface area contributed by atoms with Crippen LogP contribution in [-0.2, 0) is 28.6 Å². The van der Waals surface area contributed by atoms with Gasteiger partial charge in [0, 0.05) is 19.3 Å². The molecular weight excluding hydrogens is 853 g/mol. The minimum atomic E-state index is -0.851. The Balaban J connectivity index is 4.64. The molecule has 0 N–H and O–H groups in total. The Labute approximate surface area is 424 Å². The van der Waals surface area contributed by atoms with Gasteiger partial charge in [-0.1, -0.05) is 219 Å². The lowest BCUT2D eigenvalue weighted by atomic mass is 10.1. The fraction of sp³-hybridized carbons (Fsp3) is 0.635. The minimum Gasteiger partial charge on any atom is -0.462 e. The summed E-state index contributed by atoms with van der Waals surface area (Å²) in [7, 11) is 0. The number of rotatable bonds is 49. The van der Waals surface area contributed by atoms with Gasteiger partial charge < -0.3 is 14.2 Å². The molecule has 0 aromatic rings. The summed E-state index contributed by atoms with van der Waals surface area (Å²) in [5.74, 6) is -1.11. The summed E-state index contributed by atoms with van der Waals surface area (Å²) in [5.41, 5.74) is 0. The zero-order valence-electron chi connectivity index (χ0n) is 44.5. The van der Waals surface area contributed by atoms with Gasteiger partial charge in [0.1, 0.15) is 13.2 Å². The lowest BCUT2D eigenvalue weighted by Gasteiger charge is -2.18. The van der Waals surface area contributed by atoms with Gasteiger partial charge in [-0.15, -0.1) is 0 Å². The van der Waals surface area contributed by atoms with E-state index in [9.17, 15) is 14.4 Å². The first-order valence-corrected chi connectivity index (χ1v) is 28.0. The maximum absolute atomic E-state index is 12.8. The smallest absolute Gasteiger partial charge is 0.306 e. The van der Waals surface area contributed by atoms with Crippen LogP contribution in [0.4, 0.5) is 0 Å². The second kappa shape index (κ2) is 56.4. The first-order valence-electron chi connectivity index (χ1n) is 28.0. The third-order valence-electron chi connectivity index (χ3n) is 11.4. The van der Waals surface area contributed by atoms with Crippen molar-refractivity contribution in [3.8, 4) is 0 Å². The maximum atomic E-state index is 12.8. The molecule has 0 aliphatic rings. The van der Waals surface area contributed by atoms with Crippen molar-refractivity contribution < 1.29 is 28.6 Å². The highest BCUT2D eigenvalue weighted by Crippen LogP contribution is 2.11. The third kappa shape index (κ3) is 54.6. The van der Waals surface area contributed by atoms with Crippen molar-refractivity contribution >= 4 is 17.9 Å². The molecule has 0 amide bonds. The topological polar surface area (TPSA) is 78.9 Å². The van der Waals surface area contributed by atoms with Gasteiger partial charge in [0.25, 0.3) is 0 Å². The van der Waals surface area contributed by atoms with Gasteiger partial charge in [0.15, 0.2) is 6.10 Å². The number of hydrogen-bond acceptors (Lipinski definition) is 6. The molecule has 0 rings (SSSR count). The predicted molar refractivity (Wildman–Crippen MR) is 297 cm³/mol. The molecule has 0 spiro atoms. The molecule has 0 aromatic heterocycles. The molecule has 0 aliphatic carbocycles. The van der Waals surface area contributed by atoms with Crippen LogP contribution in [-0.4, -0.2) is 37.2 Å². The van der Waals surface area contributed by atoms with E-state index in [2.05, 4.69) is 142 Å². The van der Waals surface area contributed by atoms with Gasteiger partial charge in [0.05, 0.1) is 0 Å². The van der Waals surface area contributed by atoms with Gasteiger partial charge in [-0.05, 0) is 122 Å². The first kappa shape index (κ1) is 64.8. The van der Waals surface area contributed by atoms with Gasteiger partial charge in [-0.3, -0.25) is 14.4 Å². The molecule has 69 heavy (non-hydrogen) atoms. The number of ether oxygens (including phenoxy) is 3. The molecule has 0 radical (unpaired) electrons. The Bertz CT molecular complexity index is 1400. The largest absolute Gasteiger partial charge is 0.462 e. The Morgan fingerprint density at radius 3 is 0.841 bits per heavy atom. The highest BCUT2D eigenvalue weighted by atomic mass is 16.6. The average molecular weight is 956 g/mol. The van der Waals surface area contributed by atoms with E-state index in [0.29, 0.717) is 19.3 Å². The minimum absolute atomic E-state index is 0.145. The maximum Gasteiger partial charge on any atom is 0.306 e. The van der Waals surface area contributed by atoms with Crippen LogP contribution >= 0.6 is 0 Å². The highest BCUT2D eigenvalue weighted by Gasteiger charge is 2.19. The number of unbranched alkanes of at least 4 members (excludes halogenated alkanes) is 18. The SMILES string of the molecule is CCCCC/C=C\C/C=C\C/C=C\C/C=C\CCCC(=O)OC(COC(=O)CCC/C=C\C/C=C\C/C=C\CCCCCCCC)COC(=O)CCC/C=C\C/C=C\C/C=C\CCCCCCCC. The molecule has 390 valence electrons. The van der Waals surface area contributed by atoms with Gasteiger partial charge >= 0.3 is 17.9 Å². The van der Waals surface area contributed by atoms with Crippen molar-refractivity contribution in [1.29, 1.82) is 0 Å². The zero-order valence-corrected chi connectivity index (χ0v) is 44.5. The van der Waals surface area contributed by atoms with Crippen LogP contribution in [0.2, 0.25) is 0 Å². The van der Waals surface area contributed by atoms with Crippen molar-refractivity contribution in [2.75, 3.05) is 13.2 Å².